The predicted octanol–water partition coefficient (Wildman–Crippen LogP) is -1.83. The number of nitrogens with one attached hydrogen (secondary N) is 1. The van der Waals surface area contributed by atoms with Gasteiger partial charge in [0.25, 0.3) is 5.56 Å². The van der Waals surface area contributed by atoms with E-state index in [-0.39, 0.29) is 16.9 Å². The third-order valence-corrected chi connectivity index (χ3v) is 2.70. The Balaban J connectivity index is 2.53. The zero-order valence-corrected chi connectivity index (χ0v) is 11.0. The third kappa shape index (κ3) is 2.59. The number of rotatable bonds is 4. The van der Waals surface area contributed by atoms with Crippen molar-refractivity contribution in [1.82, 2.24) is 19.9 Å². The molecule has 0 saturated heterocycles. The summed E-state index contributed by atoms with van der Waals surface area (Å²) in [6.07, 6.45) is -1.61. The zero-order valence-electron chi connectivity index (χ0n) is 11.0. The number of nitrogens with zero attached hydrogens (tertiary/aromatic N) is 4. The number of aliphatic hydroxyl groups is 3. The van der Waals surface area contributed by atoms with Crippen molar-refractivity contribution in [2.24, 2.45) is 0 Å². The monoisotopic (exact) mass is 281 g/mol. The van der Waals surface area contributed by atoms with Gasteiger partial charge in [0.1, 0.15) is 12.2 Å². The molecule has 0 saturated carbocycles. The van der Waals surface area contributed by atoms with E-state index in [0.29, 0.717) is 5.95 Å². The maximum Gasteiger partial charge on any atom is 0.280 e. The molecular formula is C11H15N5O4. The highest BCUT2D eigenvalue weighted by molar-refractivity contribution is 5.69. The zero-order chi connectivity index (χ0) is 14.9. The van der Waals surface area contributed by atoms with Crippen LogP contribution in [-0.4, -0.2) is 62.1 Å². The first kappa shape index (κ1) is 14.3. The smallest absolute Gasteiger partial charge is 0.280 e. The molecule has 2 aromatic rings. The second-order valence-electron chi connectivity index (χ2n) is 4.45. The van der Waals surface area contributed by atoms with Gasteiger partial charge >= 0.3 is 0 Å². The molecule has 0 aliphatic carbocycles. The number of aromatic nitrogens is 4. The minimum Gasteiger partial charge on any atom is -0.394 e. The van der Waals surface area contributed by atoms with Gasteiger partial charge in [-0.2, -0.15) is 4.98 Å². The van der Waals surface area contributed by atoms with Gasteiger partial charge < -0.3 is 20.2 Å². The van der Waals surface area contributed by atoms with Crippen LogP contribution in [0.3, 0.4) is 0 Å². The lowest BCUT2D eigenvalue weighted by molar-refractivity contribution is -0.0173. The summed E-state index contributed by atoms with van der Waals surface area (Å²) in [5.74, 6) is 0.334. The van der Waals surface area contributed by atoms with E-state index in [1.54, 1.807) is 19.0 Å². The number of H-pyrrole nitrogens is 1. The molecule has 20 heavy (non-hydrogen) atoms. The second-order valence-corrected chi connectivity index (χ2v) is 4.45. The molecule has 0 spiro atoms. The molecule has 0 radical (unpaired) electrons. The van der Waals surface area contributed by atoms with Gasteiger partial charge in [0.2, 0.25) is 5.95 Å². The fraction of sp³-hybridized carbons (Fsp3) is 0.455. The fourth-order valence-electron chi connectivity index (χ4n) is 1.57. The molecule has 9 heteroatoms. The van der Waals surface area contributed by atoms with Crippen LogP contribution in [0.5, 0.6) is 0 Å². The number of aliphatic hydroxyl groups excluding tert-OH is 3. The molecule has 9 nitrogen and oxygen atoms in total. The van der Waals surface area contributed by atoms with E-state index in [0.717, 1.165) is 0 Å². The molecular weight excluding hydrogens is 266 g/mol. The molecule has 2 rings (SSSR count). The number of fused-ring (bicyclic) bond motifs is 1. The van der Waals surface area contributed by atoms with E-state index in [9.17, 15) is 15.0 Å². The van der Waals surface area contributed by atoms with Crippen molar-refractivity contribution in [3.05, 3.63) is 22.2 Å². The predicted molar refractivity (Wildman–Crippen MR) is 70.3 cm³/mol. The van der Waals surface area contributed by atoms with Crippen molar-refractivity contribution in [2.75, 3.05) is 25.6 Å². The molecule has 0 aliphatic heterocycles. The molecule has 0 aromatic carbocycles. The Labute approximate surface area is 113 Å². The van der Waals surface area contributed by atoms with Crippen LogP contribution >= 0.6 is 0 Å². The van der Waals surface area contributed by atoms with Gasteiger partial charge in [-0.05, 0) is 0 Å². The average molecular weight is 281 g/mol. The molecule has 2 heterocycles. The first-order valence-electron chi connectivity index (χ1n) is 5.85. The van der Waals surface area contributed by atoms with Crippen LogP contribution in [0.15, 0.2) is 11.0 Å². The van der Waals surface area contributed by atoms with Gasteiger partial charge in [0.15, 0.2) is 11.2 Å². The Morgan fingerprint density at radius 1 is 1.35 bits per heavy atom. The molecule has 0 aliphatic rings. The number of hydrogen-bond acceptors (Lipinski definition) is 8. The Bertz CT molecular complexity index is 671. The van der Waals surface area contributed by atoms with Crippen molar-refractivity contribution >= 4 is 17.1 Å². The van der Waals surface area contributed by atoms with Crippen molar-refractivity contribution in [1.29, 1.82) is 0 Å². The molecule has 108 valence electrons. The van der Waals surface area contributed by atoms with E-state index in [1.165, 1.54) is 6.20 Å². The second kappa shape index (κ2) is 5.49. The van der Waals surface area contributed by atoms with Gasteiger partial charge in [-0.3, -0.25) is 9.78 Å². The SMILES string of the molecule is CN(C)c1nc2ncc(C(O)C(O)CO)nc2c(=O)[nH]1. The van der Waals surface area contributed by atoms with Crippen LogP contribution in [0, 0.1) is 0 Å². The molecule has 2 aromatic heterocycles. The summed E-state index contributed by atoms with van der Waals surface area (Å²) in [5, 5.41) is 27.9. The summed E-state index contributed by atoms with van der Waals surface area (Å²) in [5.41, 5.74) is -0.424. The van der Waals surface area contributed by atoms with E-state index in [1.807, 2.05) is 0 Å². The van der Waals surface area contributed by atoms with Crippen LogP contribution in [-0.2, 0) is 0 Å². The minimum atomic E-state index is -1.43. The Morgan fingerprint density at radius 2 is 2.05 bits per heavy atom. The highest BCUT2D eigenvalue weighted by Gasteiger charge is 2.20. The van der Waals surface area contributed by atoms with Crippen LogP contribution in [0.1, 0.15) is 11.8 Å². The van der Waals surface area contributed by atoms with Gasteiger partial charge in [-0.15, -0.1) is 0 Å². The van der Waals surface area contributed by atoms with E-state index in [4.69, 9.17) is 5.11 Å². The van der Waals surface area contributed by atoms with Crippen molar-refractivity contribution in [2.45, 2.75) is 12.2 Å². The lowest BCUT2D eigenvalue weighted by Gasteiger charge is -2.15. The van der Waals surface area contributed by atoms with Gasteiger partial charge in [-0.1, -0.05) is 0 Å². The first-order chi connectivity index (χ1) is 9.43. The van der Waals surface area contributed by atoms with Crippen molar-refractivity contribution < 1.29 is 15.3 Å². The fourth-order valence-corrected chi connectivity index (χ4v) is 1.57. The van der Waals surface area contributed by atoms with Crippen molar-refractivity contribution in [3.8, 4) is 0 Å². The Morgan fingerprint density at radius 3 is 2.65 bits per heavy atom. The molecule has 0 fully saturated rings. The summed E-state index contributed by atoms with van der Waals surface area (Å²) in [6.45, 7) is -0.630. The first-order valence-corrected chi connectivity index (χ1v) is 5.85. The van der Waals surface area contributed by atoms with Gasteiger partial charge in [-0.25, -0.2) is 9.97 Å². The summed E-state index contributed by atoms with van der Waals surface area (Å²) in [4.78, 5) is 28.0. The third-order valence-electron chi connectivity index (χ3n) is 2.70. The summed E-state index contributed by atoms with van der Waals surface area (Å²) < 4.78 is 0. The van der Waals surface area contributed by atoms with E-state index in [2.05, 4.69) is 19.9 Å². The Hall–Kier alpha value is -2.10. The largest absolute Gasteiger partial charge is 0.394 e. The normalized spacial score (nSPS) is 14.2. The molecule has 2 atom stereocenters. The van der Waals surface area contributed by atoms with Crippen LogP contribution < -0.4 is 10.5 Å². The highest BCUT2D eigenvalue weighted by atomic mass is 16.4. The summed E-state index contributed by atoms with van der Waals surface area (Å²) in [7, 11) is 3.43. The topological polar surface area (TPSA) is 135 Å². The van der Waals surface area contributed by atoms with Crippen molar-refractivity contribution in [3.63, 3.8) is 0 Å². The average Bonchev–Trinajstić information content (AvgIpc) is 2.45. The minimum absolute atomic E-state index is 0.0102. The number of anilines is 1. The lowest BCUT2D eigenvalue weighted by Crippen LogP contribution is -2.24. The standard InChI is InChI=1S/C11H15N5O4/c1-16(2)11-14-9-7(10(20)15-11)13-5(3-12-9)8(19)6(18)4-17/h3,6,8,17-19H,4H2,1-2H3,(H,12,14,15,20). The highest BCUT2D eigenvalue weighted by Crippen LogP contribution is 2.15. The van der Waals surface area contributed by atoms with Gasteiger partial charge in [0.05, 0.1) is 18.5 Å². The molecule has 0 bridgehead atoms. The van der Waals surface area contributed by atoms with Crippen LogP contribution in [0.25, 0.3) is 11.2 Å². The number of aromatic amines is 1. The maximum absolute atomic E-state index is 11.9. The molecule has 4 N–H and O–H groups in total. The van der Waals surface area contributed by atoms with Crippen LogP contribution in [0.2, 0.25) is 0 Å². The number of hydrogen-bond donors (Lipinski definition) is 4. The van der Waals surface area contributed by atoms with E-state index >= 15 is 0 Å². The quantitative estimate of drug-likeness (QED) is 0.513. The lowest BCUT2D eigenvalue weighted by atomic mass is 10.1. The summed E-state index contributed by atoms with van der Waals surface area (Å²) in [6, 6.07) is 0. The molecule has 2 unspecified atom stereocenters. The van der Waals surface area contributed by atoms with Gasteiger partial charge in [0, 0.05) is 14.1 Å². The molecule has 0 amide bonds. The summed E-state index contributed by atoms with van der Waals surface area (Å²) >= 11 is 0. The van der Waals surface area contributed by atoms with Crippen LogP contribution in [0.4, 0.5) is 5.95 Å². The van der Waals surface area contributed by atoms with E-state index < -0.39 is 24.4 Å². The maximum atomic E-state index is 11.9. The Kier molecular flexibility index (Phi) is 3.93.